The highest BCUT2D eigenvalue weighted by atomic mass is 17.0. The predicted octanol–water partition coefficient (Wildman–Crippen LogP) is 0.269. The zero-order valence-electron chi connectivity index (χ0n) is 10.1. The minimum Gasteiger partial charge on any atom is -0.319 e. The molecule has 0 aromatic heterocycles. The highest BCUT2D eigenvalue weighted by molar-refractivity contribution is 5.26. The molecule has 6 saturated heterocycles. The van der Waals surface area contributed by atoms with Crippen LogP contribution >= 0.6 is 0 Å². The SMILES string of the molecule is C=CC12OC3(C)OC4C5OC(C)(OC41)OC2C5O3. The van der Waals surface area contributed by atoms with E-state index in [1.54, 1.807) is 19.9 Å². The van der Waals surface area contributed by atoms with Gasteiger partial charge in [0.1, 0.15) is 36.1 Å². The Morgan fingerprint density at radius 1 is 0.833 bits per heavy atom. The van der Waals surface area contributed by atoms with Gasteiger partial charge in [0.2, 0.25) is 0 Å². The summed E-state index contributed by atoms with van der Waals surface area (Å²) in [6, 6.07) is 0. The first-order valence-electron chi connectivity index (χ1n) is 6.21. The molecule has 0 N–H and O–H groups in total. The molecular weight excluding hydrogens is 240 g/mol. The minimum atomic E-state index is -1.06. The van der Waals surface area contributed by atoms with Crippen molar-refractivity contribution in [2.45, 2.75) is 61.9 Å². The van der Waals surface area contributed by atoms with Crippen molar-refractivity contribution in [2.24, 2.45) is 0 Å². The second kappa shape index (κ2) is 2.54. The van der Waals surface area contributed by atoms with Gasteiger partial charge >= 0.3 is 0 Å². The summed E-state index contributed by atoms with van der Waals surface area (Å²) in [5.74, 6) is -2.09. The summed E-state index contributed by atoms with van der Waals surface area (Å²) < 4.78 is 35.1. The standard InChI is InChI=1S/C12H14O6/c1-4-12-8-6-5-7(15-11(3,14-6)18-12)9(12)17-10(2,13-5)16-8/h4-9H,1H2,2-3H3. The molecule has 6 heteroatoms. The molecule has 0 aromatic carbocycles. The van der Waals surface area contributed by atoms with Crippen LogP contribution in [0.4, 0.5) is 0 Å². The van der Waals surface area contributed by atoms with E-state index in [1.807, 2.05) is 0 Å². The lowest BCUT2D eigenvalue weighted by molar-refractivity contribution is -0.645. The third kappa shape index (κ3) is 0.862. The molecule has 7 fully saturated rings. The maximum atomic E-state index is 5.96. The third-order valence-corrected chi connectivity index (χ3v) is 4.55. The fraction of sp³-hybridized carbons (Fsp3) is 0.833. The van der Waals surface area contributed by atoms with Crippen LogP contribution in [0.1, 0.15) is 13.8 Å². The van der Waals surface area contributed by atoms with Gasteiger partial charge < -0.3 is 28.4 Å². The van der Waals surface area contributed by atoms with Crippen LogP contribution in [0.2, 0.25) is 0 Å². The summed E-state index contributed by atoms with van der Waals surface area (Å²) in [7, 11) is 0. The number of hydrogen-bond donors (Lipinski definition) is 0. The van der Waals surface area contributed by atoms with E-state index in [0.29, 0.717) is 0 Å². The molecule has 1 saturated carbocycles. The Labute approximate surface area is 104 Å². The summed E-state index contributed by atoms with van der Waals surface area (Å²) in [5, 5.41) is 0. The maximum absolute atomic E-state index is 5.96. The average Bonchev–Trinajstić information content (AvgIpc) is 2.33. The first kappa shape index (κ1) is 10.3. The topological polar surface area (TPSA) is 55.4 Å². The normalized spacial score (nSPS) is 70.9. The van der Waals surface area contributed by atoms with Crippen LogP contribution in [0.3, 0.4) is 0 Å². The van der Waals surface area contributed by atoms with E-state index in [1.165, 1.54) is 0 Å². The van der Waals surface area contributed by atoms with E-state index in [9.17, 15) is 0 Å². The molecule has 0 radical (unpaired) electrons. The van der Waals surface area contributed by atoms with Crippen molar-refractivity contribution in [1.82, 2.24) is 0 Å². The fourth-order valence-electron chi connectivity index (χ4n) is 3.99. The lowest BCUT2D eigenvalue weighted by Gasteiger charge is -2.73. The summed E-state index contributed by atoms with van der Waals surface area (Å²) in [6.07, 6.45) is 0.670. The minimum absolute atomic E-state index is 0.169. The van der Waals surface area contributed by atoms with Gasteiger partial charge in [-0.15, -0.1) is 6.58 Å². The van der Waals surface area contributed by atoms with Gasteiger partial charge in [0.25, 0.3) is 11.9 Å². The van der Waals surface area contributed by atoms with Crippen molar-refractivity contribution in [1.29, 1.82) is 0 Å². The Kier molecular flexibility index (Phi) is 1.45. The molecular formula is C12H14O6. The van der Waals surface area contributed by atoms with E-state index >= 15 is 0 Å². The second-order valence-electron chi connectivity index (χ2n) is 5.71. The summed E-state index contributed by atoms with van der Waals surface area (Å²) in [4.78, 5) is 0. The predicted molar refractivity (Wildman–Crippen MR) is 55.2 cm³/mol. The van der Waals surface area contributed by atoms with E-state index in [2.05, 4.69) is 6.58 Å². The Bertz CT molecular complexity index is 437. The van der Waals surface area contributed by atoms with Crippen LogP contribution in [-0.2, 0) is 28.4 Å². The van der Waals surface area contributed by atoms with Crippen molar-refractivity contribution in [3.8, 4) is 0 Å². The zero-order valence-corrected chi connectivity index (χ0v) is 10.1. The van der Waals surface area contributed by atoms with Gasteiger partial charge in [0.15, 0.2) is 0 Å². The van der Waals surface area contributed by atoms with Gasteiger partial charge in [-0.3, -0.25) is 0 Å². The molecule has 4 atom stereocenters. The van der Waals surface area contributed by atoms with Crippen LogP contribution < -0.4 is 0 Å². The van der Waals surface area contributed by atoms with Crippen molar-refractivity contribution in [3.63, 3.8) is 0 Å². The monoisotopic (exact) mass is 254 g/mol. The fourth-order valence-corrected chi connectivity index (χ4v) is 3.99. The van der Waals surface area contributed by atoms with Crippen molar-refractivity contribution >= 4 is 0 Å². The van der Waals surface area contributed by atoms with Crippen molar-refractivity contribution < 1.29 is 28.4 Å². The van der Waals surface area contributed by atoms with Gasteiger partial charge in [-0.05, 0) is 0 Å². The molecule has 0 amide bonds. The van der Waals surface area contributed by atoms with Crippen LogP contribution in [-0.4, -0.2) is 48.1 Å². The highest BCUT2D eigenvalue weighted by Gasteiger charge is 2.80. The van der Waals surface area contributed by atoms with Crippen molar-refractivity contribution in [2.75, 3.05) is 0 Å². The molecule has 18 heavy (non-hydrogen) atoms. The van der Waals surface area contributed by atoms with Crippen LogP contribution in [0, 0.1) is 0 Å². The molecule has 7 aliphatic rings. The first-order valence-corrected chi connectivity index (χ1v) is 6.21. The van der Waals surface area contributed by atoms with Gasteiger partial charge in [0, 0.05) is 13.8 Å². The second-order valence-corrected chi connectivity index (χ2v) is 5.71. The van der Waals surface area contributed by atoms with Crippen molar-refractivity contribution in [3.05, 3.63) is 12.7 Å². The summed E-state index contributed by atoms with van der Waals surface area (Å²) >= 11 is 0. The molecule has 0 spiro atoms. The van der Waals surface area contributed by atoms with E-state index < -0.39 is 17.5 Å². The number of ether oxygens (including phenoxy) is 6. The van der Waals surface area contributed by atoms with Crippen LogP contribution in [0.15, 0.2) is 12.7 Å². The zero-order chi connectivity index (χ0) is 12.3. The van der Waals surface area contributed by atoms with Gasteiger partial charge in [-0.25, -0.2) is 0 Å². The van der Waals surface area contributed by atoms with Gasteiger partial charge in [-0.2, -0.15) is 0 Å². The Morgan fingerprint density at radius 3 is 1.94 bits per heavy atom. The Balaban J connectivity index is 1.74. The smallest absolute Gasteiger partial charge is 0.281 e. The lowest BCUT2D eigenvalue weighted by Crippen LogP contribution is -2.90. The molecule has 98 valence electrons. The number of rotatable bonds is 1. The molecule has 4 unspecified atom stereocenters. The van der Waals surface area contributed by atoms with E-state index in [4.69, 9.17) is 28.4 Å². The largest absolute Gasteiger partial charge is 0.319 e. The molecule has 6 nitrogen and oxygen atoms in total. The molecule has 6 aliphatic heterocycles. The molecule has 1 aliphatic carbocycles. The van der Waals surface area contributed by atoms with E-state index in [-0.39, 0.29) is 30.5 Å². The molecule has 7 rings (SSSR count). The summed E-state index contributed by atoms with van der Waals surface area (Å²) in [5.41, 5.74) is -0.708. The summed E-state index contributed by atoms with van der Waals surface area (Å²) in [6.45, 7) is 7.42. The number of hydrogen-bond acceptors (Lipinski definition) is 6. The molecule has 0 aromatic rings. The van der Waals surface area contributed by atoms with E-state index in [0.717, 1.165) is 0 Å². The van der Waals surface area contributed by atoms with Gasteiger partial charge in [-0.1, -0.05) is 6.08 Å². The Morgan fingerprint density at radius 2 is 1.39 bits per heavy atom. The third-order valence-electron chi connectivity index (χ3n) is 4.55. The van der Waals surface area contributed by atoms with Crippen LogP contribution in [0.5, 0.6) is 0 Å². The Hall–Kier alpha value is -0.500. The quantitative estimate of drug-likeness (QED) is 0.626. The molecule has 8 bridgehead atoms. The van der Waals surface area contributed by atoms with Crippen LogP contribution in [0.25, 0.3) is 0 Å². The maximum Gasteiger partial charge on any atom is 0.281 e. The van der Waals surface area contributed by atoms with Gasteiger partial charge in [0.05, 0.1) is 0 Å². The lowest BCUT2D eigenvalue weighted by atomic mass is 9.70. The highest BCUT2D eigenvalue weighted by Crippen LogP contribution is 2.61. The first-order chi connectivity index (χ1) is 8.49. The molecule has 6 heterocycles. The average molecular weight is 254 g/mol.